The molecule has 0 amide bonds. The molecule has 1 aliphatic heterocycles. The number of aliphatic hydroxyl groups is 1. The molecule has 1 atom stereocenters. The Morgan fingerprint density at radius 3 is 2.74 bits per heavy atom. The molecule has 5 heteroatoms. The second-order valence-electron chi connectivity index (χ2n) is 5.79. The summed E-state index contributed by atoms with van der Waals surface area (Å²) in [7, 11) is 0. The van der Waals surface area contributed by atoms with Crippen LogP contribution in [-0.2, 0) is 0 Å². The Bertz CT molecular complexity index is 705. The highest BCUT2D eigenvalue weighted by atomic mass is 35.5. The van der Waals surface area contributed by atoms with Crippen LogP contribution < -0.4 is 4.90 Å². The van der Waals surface area contributed by atoms with Gasteiger partial charge in [-0.15, -0.1) is 0 Å². The van der Waals surface area contributed by atoms with Gasteiger partial charge < -0.3 is 10.0 Å². The molecule has 0 bridgehead atoms. The monoisotopic (exact) mass is 329 g/mol. The number of anilines is 1. The number of rotatable bonds is 3. The van der Waals surface area contributed by atoms with Gasteiger partial charge in [0.25, 0.3) is 0 Å². The summed E-state index contributed by atoms with van der Waals surface area (Å²) in [5, 5.41) is 10.4. The third-order valence-corrected chi connectivity index (χ3v) is 4.22. The van der Waals surface area contributed by atoms with E-state index < -0.39 is 6.10 Å². The molecule has 2 heterocycles. The van der Waals surface area contributed by atoms with Crippen molar-refractivity contribution in [1.29, 1.82) is 0 Å². The van der Waals surface area contributed by atoms with E-state index in [0.717, 1.165) is 42.3 Å². The third-order valence-electron chi connectivity index (χ3n) is 3.98. The lowest BCUT2D eigenvalue weighted by molar-refractivity contribution is 0.189. The number of nitrogens with zero attached hydrogens (tertiary/aromatic N) is 3. The van der Waals surface area contributed by atoms with E-state index in [4.69, 9.17) is 11.6 Å². The van der Waals surface area contributed by atoms with Crippen LogP contribution in [0.2, 0.25) is 5.02 Å². The van der Waals surface area contributed by atoms with Crippen LogP contribution in [0.15, 0.2) is 42.1 Å². The Hall–Kier alpha value is -1.91. The average molecular weight is 330 g/mol. The fraction of sp³-hybridized carbons (Fsp3) is 0.333. The maximum atomic E-state index is 9.61. The molecule has 2 aromatic rings. The number of piperidine rings is 1. The summed E-state index contributed by atoms with van der Waals surface area (Å²) in [5.41, 5.74) is 2.58. The molecule has 23 heavy (non-hydrogen) atoms. The van der Waals surface area contributed by atoms with Crippen LogP contribution >= 0.6 is 11.6 Å². The lowest BCUT2D eigenvalue weighted by atomic mass is 10.0. The molecule has 4 nitrogen and oxygen atoms in total. The molecule has 1 fully saturated rings. The molecule has 1 unspecified atom stereocenters. The molecule has 0 aliphatic carbocycles. The van der Waals surface area contributed by atoms with Crippen molar-refractivity contribution < 1.29 is 5.11 Å². The SMILES string of the molecule is CC(O)c1nccc(N2CCC(=Cc3cccc(Cl)c3)CC2)n1. The largest absolute Gasteiger partial charge is 0.385 e. The minimum absolute atomic E-state index is 0.475. The molecule has 0 spiro atoms. The van der Waals surface area contributed by atoms with Crippen molar-refractivity contribution in [2.24, 2.45) is 0 Å². The molecule has 1 aliphatic rings. The van der Waals surface area contributed by atoms with Gasteiger partial charge in [-0.1, -0.05) is 35.4 Å². The molecular weight excluding hydrogens is 310 g/mol. The molecule has 1 N–H and O–H groups in total. The van der Waals surface area contributed by atoms with E-state index in [1.165, 1.54) is 5.57 Å². The van der Waals surface area contributed by atoms with Gasteiger partial charge in [-0.2, -0.15) is 0 Å². The molecule has 1 saturated heterocycles. The molecule has 1 aromatic carbocycles. The van der Waals surface area contributed by atoms with Crippen molar-refractivity contribution >= 4 is 23.5 Å². The van der Waals surface area contributed by atoms with Gasteiger partial charge in [0.2, 0.25) is 0 Å². The third kappa shape index (κ3) is 4.09. The molecule has 3 rings (SSSR count). The number of halogens is 1. The van der Waals surface area contributed by atoms with Gasteiger partial charge >= 0.3 is 0 Å². The summed E-state index contributed by atoms with van der Waals surface area (Å²) in [6, 6.07) is 9.83. The van der Waals surface area contributed by atoms with Crippen LogP contribution in [0.1, 0.15) is 37.3 Å². The summed E-state index contributed by atoms with van der Waals surface area (Å²) in [5.74, 6) is 1.36. The normalized spacial score (nSPS) is 16.3. The Morgan fingerprint density at radius 2 is 2.04 bits per heavy atom. The highest BCUT2D eigenvalue weighted by Gasteiger charge is 2.16. The average Bonchev–Trinajstić information content (AvgIpc) is 2.56. The van der Waals surface area contributed by atoms with Crippen molar-refractivity contribution in [3.63, 3.8) is 0 Å². The Kier molecular flexibility index (Phi) is 4.94. The van der Waals surface area contributed by atoms with E-state index in [2.05, 4.69) is 27.0 Å². The fourth-order valence-corrected chi connectivity index (χ4v) is 2.94. The first-order chi connectivity index (χ1) is 11.1. The van der Waals surface area contributed by atoms with Crippen LogP contribution in [-0.4, -0.2) is 28.2 Å². The van der Waals surface area contributed by atoms with Crippen molar-refractivity contribution in [2.45, 2.75) is 25.9 Å². The summed E-state index contributed by atoms with van der Waals surface area (Å²) in [6.07, 6.45) is 5.30. The number of aromatic nitrogens is 2. The topological polar surface area (TPSA) is 49.3 Å². The molecule has 0 radical (unpaired) electrons. The van der Waals surface area contributed by atoms with E-state index >= 15 is 0 Å². The Balaban J connectivity index is 1.67. The maximum absolute atomic E-state index is 9.61. The molecule has 1 aromatic heterocycles. The summed E-state index contributed by atoms with van der Waals surface area (Å²) >= 11 is 6.03. The minimum Gasteiger partial charge on any atom is -0.385 e. The first-order valence-corrected chi connectivity index (χ1v) is 8.20. The van der Waals surface area contributed by atoms with Crippen LogP contribution in [0.4, 0.5) is 5.82 Å². The van der Waals surface area contributed by atoms with E-state index in [0.29, 0.717) is 5.82 Å². The van der Waals surface area contributed by atoms with Crippen molar-refractivity contribution in [3.8, 4) is 0 Å². The van der Waals surface area contributed by atoms with Gasteiger partial charge in [-0.25, -0.2) is 9.97 Å². The van der Waals surface area contributed by atoms with Gasteiger partial charge in [0.05, 0.1) is 0 Å². The van der Waals surface area contributed by atoms with Crippen LogP contribution in [0.5, 0.6) is 0 Å². The summed E-state index contributed by atoms with van der Waals surface area (Å²) in [6.45, 7) is 3.52. The smallest absolute Gasteiger partial charge is 0.158 e. The zero-order valence-electron chi connectivity index (χ0n) is 13.1. The van der Waals surface area contributed by atoms with Crippen LogP contribution in [0.3, 0.4) is 0 Å². The van der Waals surface area contributed by atoms with Gasteiger partial charge in [-0.05, 0) is 43.5 Å². The maximum Gasteiger partial charge on any atom is 0.158 e. The number of hydrogen-bond acceptors (Lipinski definition) is 4. The van der Waals surface area contributed by atoms with E-state index in [-0.39, 0.29) is 0 Å². The van der Waals surface area contributed by atoms with E-state index in [1.54, 1.807) is 13.1 Å². The van der Waals surface area contributed by atoms with Crippen LogP contribution in [0.25, 0.3) is 6.08 Å². The standard InChI is InChI=1S/C18H20ClN3O/c1-13(23)18-20-8-5-17(21-18)22-9-6-14(7-10-22)11-15-3-2-4-16(19)12-15/h2-5,8,11-13,23H,6-7,9-10H2,1H3. The van der Waals surface area contributed by atoms with Gasteiger partial charge in [0, 0.05) is 24.3 Å². The van der Waals surface area contributed by atoms with E-state index in [9.17, 15) is 5.11 Å². The number of aliphatic hydroxyl groups excluding tert-OH is 1. The minimum atomic E-state index is -0.641. The predicted molar refractivity (Wildman–Crippen MR) is 93.5 cm³/mol. The number of benzene rings is 1. The lowest BCUT2D eigenvalue weighted by Crippen LogP contribution is -2.31. The molecular formula is C18H20ClN3O. The summed E-state index contributed by atoms with van der Waals surface area (Å²) < 4.78 is 0. The highest BCUT2D eigenvalue weighted by Crippen LogP contribution is 2.24. The molecule has 0 saturated carbocycles. The predicted octanol–water partition coefficient (Wildman–Crippen LogP) is 3.87. The Morgan fingerprint density at radius 1 is 1.26 bits per heavy atom. The molecule has 120 valence electrons. The van der Waals surface area contributed by atoms with E-state index in [1.807, 2.05) is 24.3 Å². The lowest BCUT2D eigenvalue weighted by Gasteiger charge is -2.29. The second-order valence-corrected chi connectivity index (χ2v) is 6.23. The zero-order chi connectivity index (χ0) is 16.2. The summed E-state index contributed by atoms with van der Waals surface area (Å²) in [4.78, 5) is 10.8. The first-order valence-electron chi connectivity index (χ1n) is 7.83. The van der Waals surface area contributed by atoms with Crippen molar-refractivity contribution in [2.75, 3.05) is 18.0 Å². The second kappa shape index (κ2) is 7.11. The van der Waals surface area contributed by atoms with Crippen molar-refractivity contribution in [3.05, 3.63) is 58.5 Å². The quantitative estimate of drug-likeness (QED) is 0.928. The van der Waals surface area contributed by atoms with Gasteiger partial charge in [-0.3, -0.25) is 0 Å². The first kappa shape index (κ1) is 16.0. The zero-order valence-corrected chi connectivity index (χ0v) is 13.9. The fourth-order valence-electron chi connectivity index (χ4n) is 2.74. The van der Waals surface area contributed by atoms with Gasteiger partial charge in [0.1, 0.15) is 11.9 Å². The Labute approximate surface area is 141 Å². The van der Waals surface area contributed by atoms with Crippen LogP contribution in [0, 0.1) is 0 Å². The number of hydrogen-bond donors (Lipinski definition) is 1. The van der Waals surface area contributed by atoms with Gasteiger partial charge in [0.15, 0.2) is 5.82 Å². The van der Waals surface area contributed by atoms with Crippen molar-refractivity contribution in [1.82, 2.24) is 9.97 Å². The highest BCUT2D eigenvalue weighted by molar-refractivity contribution is 6.30.